The molecule has 94 valence electrons. The molecule has 2 nitrogen and oxygen atoms in total. The van der Waals surface area contributed by atoms with Crippen molar-refractivity contribution in [2.24, 2.45) is 0 Å². The molecule has 0 saturated carbocycles. The van der Waals surface area contributed by atoms with Gasteiger partial charge in [0.25, 0.3) is 0 Å². The smallest absolute Gasteiger partial charge is 0.128 e. The molecule has 0 aliphatic heterocycles. The van der Waals surface area contributed by atoms with E-state index in [1.807, 2.05) is 24.3 Å². The highest BCUT2D eigenvalue weighted by molar-refractivity contribution is 9.10. The Morgan fingerprint density at radius 2 is 1.94 bits per heavy atom. The normalized spacial score (nSPS) is 10.3. The lowest BCUT2D eigenvalue weighted by atomic mass is 10.1. The summed E-state index contributed by atoms with van der Waals surface area (Å²) in [5, 5.41) is 0. The Morgan fingerprint density at radius 1 is 1.17 bits per heavy atom. The van der Waals surface area contributed by atoms with Gasteiger partial charge < -0.3 is 10.5 Å². The number of rotatable bonds is 4. The second kappa shape index (κ2) is 5.87. The van der Waals surface area contributed by atoms with E-state index < -0.39 is 0 Å². The number of ether oxygens (including phenoxy) is 1. The van der Waals surface area contributed by atoms with Crippen LogP contribution in [0.15, 0.2) is 46.9 Å². The van der Waals surface area contributed by atoms with Crippen LogP contribution < -0.4 is 10.5 Å². The lowest BCUT2D eigenvalue weighted by molar-refractivity contribution is 0.320. The summed E-state index contributed by atoms with van der Waals surface area (Å²) in [6, 6.07) is 12.1. The first-order chi connectivity index (χ1) is 8.65. The molecule has 0 fully saturated rings. The fourth-order valence-electron chi connectivity index (χ4n) is 1.65. The van der Waals surface area contributed by atoms with Gasteiger partial charge in [0.1, 0.15) is 11.6 Å². The molecule has 2 aromatic rings. The molecule has 2 rings (SSSR count). The molecule has 0 saturated heterocycles. The van der Waals surface area contributed by atoms with Crippen molar-refractivity contribution in [3.8, 4) is 5.75 Å². The second-order valence-electron chi connectivity index (χ2n) is 3.90. The standard InChI is InChI=1S/C14H13BrFNO/c15-11-7-12(16)9-13(8-11)18-6-5-10-3-1-2-4-14(10)17/h1-4,7-9H,5-6,17H2. The predicted molar refractivity (Wildman–Crippen MR) is 74.2 cm³/mol. The molecule has 0 spiro atoms. The van der Waals surface area contributed by atoms with Crippen LogP contribution in [0.3, 0.4) is 0 Å². The number of benzene rings is 2. The molecule has 0 aliphatic carbocycles. The lowest BCUT2D eigenvalue weighted by Gasteiger charge is -2.08. The Labute approximate surface area is 114 Å². The number of nitrogen functional groups attached to an aromatic ring is 1. The summed E-state index contributed by atoms with van der Waals surface area (Å²) in [5.74, 6) is 0.190. The lowest BCUT2D eigenvalue weighted by Crippen LogP contribution is -2.03. The van der Waals surface area contributed by atoms with Crippen molar-refractivity contribution in [1.82, 2.24) is 0 Å². The molecule has 0 heterocycles. The molecular formula is C14H13BrFNO. The summed E-state index contributed by atoms with van der Waals surface area (Å²) in [7, 11) is 0. The minimum Gasteiger partial charge on any atom is -0.493 e. The van der Waals surface area contributed by atoms with Crippen molar-refractivity contribution in [3.63, 3.8) is 0 Å². The third kappa shape index (κ3) is 3.47. The number of nitrogens with two attached hydrogens (primary N) is 1. The van der Waals surface area contributed by atoms with Gasteiger partial charge in [-0.15, -0.1) is 0 Å². The van der Waals surface area contributed by atoms with Crippen LogP contribution in [0.2, 0.25) is 0 Å². The fraction of sp³-hybridized carbons (Fsp3) is 0.143. The summed E-state index contributed by atoms with van der Waals surface area (Å²) in [5.41, 5.74) is 7.61. The zero-order valence-corrected chi connectivity index (χ0v) is 11.3. The first-order valence-electron chi connectivity index (χ1n) is 5.57. The van der Waals surface area contributed by atoms with Crippen LogP contribution in [-0.4, -0.2) is 6.61 Å². The Morgan fingerprint density at radius 3 is 2.67 bits per heavy atom. The molecule has 2 aromatic carbocycles. The maximum absolute atomic E-state index is 13.1. The van der Waals surface area contributed by atoms with Gasteiger partial charge >= 0.3 is 0 Å². The van der Waals surface area contributed by atoms with Crippen molar-refractivity contribution < 1.29 is 9.13 Å². The minimum atomic E-state index is -0.321. The van der Waals surface area contributed by atoms with E-state index in [2.05, 4.69) is 15.9 Å². The highest BCUT2D eigenvalue weighted by Crippen LogP contribution is 2.21. The third-order valence-corrected chi connectivity index (χ3v) is 2.99. The quantitative estimate of drug-likeness (QED) is 0.872. The maximum Gasteiger partial charge on any atom is 0.128 e. The van der Waals surface area contributed by atoms with Crippen LogP contribution in [0.25, 0.3) is 0 Å². The van der Waals surface area contributed by atoms with Crippen molar-refractivity contribution in [3.05, 3.63) is 58.3 Å². The highest BCUT2D eigenvalue weighted by atomic mass is 79.9. The van der Waals surface area contributed by atoms with Gasteiger partial charge in [0.15, 0.2) is 0 Å². The third-order valence-electron chi connectivity index (χ3n) is 2.53. The molecule has 4 heteroatoms. The van der Waals surface area contributed by atoms with E-state index in [1.165, 1.54) is 12.1 Å². The molecule has 0 atom stereocenters. The molecule has 0 bridgehead atoms. The zero-order chi connectivity index (χ0) is 13.0. The van der Waals surface area contributed by atoms with Gasteiger partial charge in [0.2, 0.25) is 0 Å². The van der Waals surface area contributed by atoms with Crippen LogP contribution >= 0.6 is 15.9 Å². The van der Waals surface area contributed by atoms with E-state index >= 15 is 0 Å². The molecule has 18 heavy (non-hydrogen) atoms. The van der Waals surface area contributed by atoms with E-state index in [0.29, 0.717) is 23.2 Å². The highest BCUT2D eigenvalue weighted by Gasteiger charge is 2.01. The molecule has 0 amide bonds. The van der Waals surface area contributed by atoms with E-state index in [9.17, 15) is 4.39 Å². The van der Waals surface area contributed by atoms with Gasteiger partial charge in [-0.25, -0.2) is 4.39 Å². The predicted octanol–water partition coefficient (Wildman–Crippen LogP) is 3.79. The number of hydrogen-bond acceptors (Lipinski definition) is 2. The first-order valence-corrected chi connectivity index (χ1v) is 6.37. The Bertz CT molecular complexity index is 525. The molecule has 0 radical (unpaired) electrons. The Hall–Kier alpha value is -1.55. The summed E-state index contributed by atoms with van der Waals surface area (Å²) in [6.45, 7) is 0.462. The van der Waals surface area contributed by atoms with Gasteiger partial charge in [-0.05, 0) is 23.8 Å². The van der Waals surface area contributed by atoms with Gasteiger partial charge in [0.05, 0.1) is 6.61 Å². The summed E-state index contributed by atoms with van der Waals surface area (Å²) >= 11 is 3.22. The minimum absolute atomic E-state index is 0.321. The monoisotopic (exact) mass is 309 g/mol. The van der Waals surface area contributed by atoms with Crippen molar-refractivity contribution in [2.45, 2.75) is 6.42 Å². The Balaban J connectivity index is 1.94. The van der Waals surface area contributed by atoms with Crippen LogP contribution in [0.4, 0.5) is 10.1 Å². The number of anilines is 1. The van der Waals surface area contributed by atoms with Gasteiger partial charge in [-0.1, -0.05) is 34.1 Å². The SMILES string of the molecule is Nc1ccccc1CCOc1cc(F)cc(Br)c1. The van der Waals surface area contributed by atoms with Crippen molar-refractivity contribution in [2.75, 3.05) is 12.3 Å². The van der Waals surface area contributed by atoms with E-state index in [4.69, 9.17) is 10.5 Å². The maximum atomic E-state index is 13.1. The summed E-state index contributed by atoms with van der Waals surface area (Å²) in [6.07, 6.45) is 0.695. The van der Waals surface area contributed by atoms with E-state index in [-0.39, 0.29) is 5.82 Å². The average Bonchev–Trinajstić information content (AvgIpc) is 2.30. The molecule has 0 aromatic heterocycles. The van der Waals surface area contributed by atoms with Crippen LogP contribution in [0, 0.1) is 5.82 Å². The van der Waals surface area contributed by atoms with Crippen molar-refractivity contribution in [1.29, 1.82) is 0 Å². The second-order valence-corrected chi connectivity index (χ2v) is 4.82. The topological polar surface area (TPSA) is 35.2 Å². The fourth-order valence-corrected chi connectivity index (χ4v) is 2.10. The average molecular weight is 310 g/mol. The number of para-hydroxylation sites is 1. The first kappa shape index (κ1) is 12.9. The van der Waals surface area contributed by atoms with E-state index in [0.717, 1.165) is 11.3 Å². The van der Waals surface area contributed by atoms with Gasteiger partial charge in [0, 0.05) is 22.6 Å². The van der Waals surface area contributed by atoms with E-state index in [1.54, 1.807) is 6.07 Å². The molecule has 2 N–H and O–H groups in total. The number of halogens is 2. The molecule has 0 unspecified atom stereocenters. The van der Waals surface area contributed by atoms with Gasteiger partial charge in [-0.3, -0.25) is 0 Å². The summed E-state index contributed by atoms with van der Waals surface area (Å²) in [4.78, 5) is 0. The summed E-state index contributed by atoms with van der Waals surface area (Å²) < 4.78 is 19.3. The van der Waals surface area contributed by atoms with Crippen LogP contribution in [0.1, 0.15) is 5.56 Å². The number of hydrogen-bond donors (Lipinski definition) is 1. The molecular weight excluding hydrogens is 297 g/mol. The Kier molecular flexibility index (Phi) is 4.20. The molecule has 0 aliphatic rings. The van der Waals surface area contributed by atoms with Crippen molar-refractivity contribution >= 4 is 21.6 Å². The van der Waals surface area contributed by atoms with Gasteiger partial charge in [-0.2, -0.15) is 0 Å². The zero-order valence-electron chi connectivity index (χ0n) is 9.70. The largest absolute Gasteiger partial charge is 0.493 e. The van der Waals surface area contributed by atoms with Crippen LogP contribution in [0.5, 0.6) is 5.75 Å². The van der Waals surface area contributed by atoms with Crippen LogP contribution in [-0.2, 0) is 6.42 Å².